The lowest BCUT2D eigenvalue weighted by molar-refractivity contribution is -0.130. The summed E-state index contributed by atoms with van der Waals surface area (Å²) in [6.45, 7) is 1.65. The molecule has 1 aliphatic heterocycles. The molecule has 1 unspecified atom stereocenters. The van der Waals surface area contributed by atoms with Crippen molar-refractivity contribution in [3.05, 3.63) is 30.1 Å². The number of nitrogens with one attached hydrogen (secondary N) is 2. The van der Waals surface area contributed by atoms with Crippen molar-refractivity contribution in [1.29, 1.82) is 0 Å². The first kappa shape index (κ1) is 13.2. The van der Waals surface area contributed by atoms with Gasteiger partial charge < -0.3 is 10.6 Å². The van der Waals surface area contributed by atoms with Crippen molar-refractivity contribution in [3.8, 4) is 0 Å². The molecule has 1 aromatic heterocycles. The second kappa shape index (κ2) is 5.32. The van der Waals surface area contributed by atoms with Gasteiger partial charge in [-0.3, -0.25) is 14.6 Å². The Hall–Kier alpha value is -1.75. The van der Waals surface area contributed by atoms with Gasteiger partial charge in [0.05, 0.1) is 0 Å². The van der Waals surface area contributed by atoms with Crippen LogP contribution in [0.1, 0.15) is 36.2 Å². The van der Waals surface area contributed by atoms with Crippen LogP contribution in [-0.2, 0) is 4.79 Å². The van der Waals surface area contributed by atoms with Gasteiger partial charge in [0.15, 0.2) is 0 Å². The highest BCUT2D eigenvalue weighted by atomic mass is 16.2. The first-order valence-corrected chi connectivity index (χ1v) is 7.16. The van der Waals surface area contributed by atoms with E-state index in [9.17, 15) is 9.59 Å². The topological polar surface area (TPSA) is 71.1 Å². The number of carbonyl (C=O) groups excluding carboxylic acids is 2. The molecule has 5 heteroatoms. The van der Waals surface area contributed by atoms with Gasteiger partial charge in [-0.15, -0.1) is 0 Å². The van der Waals surface area contributed by atoms with E-state index in [1.54, 1.807) is 24.4 Å². The Morgan fingerprint density at radius 2 is 2.35 bits per heavy atom. The smallest absolute Gasteiger partial charge is 0.270 e. The number of ketones is 1. The fourth-order valence-electron chi connectivity index (χ4n) is 3.29. The molecule has 0 aromatic carbocycles. The van der Waals surface area contributed by atoms with Gasteiger partial charge in [-0.05, 0) is 37.9 Å². The predicted octanol–water partition coefficient (Wildman–Crippen LogP) is 0.913. The molecule has 1 spiro atoms. The minimum Gasteiger partial charge on any atom is -0.348 e. The molecule has 20 heavy (non-hydrogen) atoms. The molecule has 2 atom stereocenters. The van der Waals surface area contributed by atoms with Gasteiger partial charge in [-0.2, -0.15) is 0 Å². The number of pyridine rings is 1. The molecule has 1 saturated carbocycles. The summed E-state index contributed by atoms with van der Waals surface area (Å²) in [4.78, 5) is 28.3. The molecular weight excluding hydrogens is 254 g/mol. The Labute approximate surface area is 118 Å². The number of rotatable bonds is 2. The molecule has 2 heterocycles. The Bertz CT molecular complexity index is 509. The van der Waals surface area contributed by atoms with Crippen molar-refractivity contribution >= 4 is 11.7 Å². The van der Waals surface area contributed by atoms with Crippen molar-refractivity contribution in [2.75, 3.05) is 13.1 Å². The third-order valence-corrected chi connectivity index (χ3v) is 4.42. The van der Waals surface area contributed by atoms with Crippen LogP contribution in [0.15, 0.2) is 24.4 Å². The van der Waals surface area contributed by atoms with Gasteiger partial charge in [0.2, 0.25) is 0 Å². The van der Waals surface area contributed by atoms with E-state index in [-0.39, 0.29) is 17.4 Å². The van der Waals surface area contributed by atoms with E-state index in [0.29, 0.717) is 17.9 Å². The molecule has 2 N–H and O–H groups in total. The monoisotopic (exact) mass is 273 g/mol. The van der Waals surface area contributed by atoms with E-state index in [2.05, 4.69) is 15.6 Å². The molecule has 5 nitrogen and oxygen atoms in total. The van der Waals surface area contributed by atoms with Crippen LogP contribution in [0.3, 0.4) is 0 Å². The lowest BCUT2D eigenvalue weighted by Gasteiger charge is -2.36. The normalized spacial score (nSPS) is 29.6. The van der Waals surface area contributed by atoms with Gasteiger partial charge >= 0.3 is 0 Å². The number of carbonyl (C=O) groups is 2. The minimum absolute atomic E-state index is 0.0714. The second-order valence-corrected chi connectivity index (χ2v) is 5.76. The molecular formula is C15H19N3O2. The van der Waals surface area contributed by atoms with Crippen molar-refractivity contribution in [1.82, 2.24) is 15.6 Å². The number of hydrogen-bond acceptors (Lipinski definition) is 4. The molecule has 2 fully saturated rings. The molecule has 0 bridgehead atoms. The lowest BCUT2D eigenvalue weighted by atomic mass is 9.70. The van der Waals surface area contributed by atoms with Gasteiger partial charge in [0.1, 0.15) is 11.5 Å². The van der Waals surface area contributed by atoms with E-state index >= 15 is 0 Å². The van der Waals surface area contributed by atoms with Crippen LogP contribution in [0.2, 0.25) is 0 Å². The first-order valence-electron chi connectivity index (χ1n) is 7.16. The molecule has 0 radical (unpaired) electrons. The maximum absolute atomic E-state index is 12.2. The molecule has 106 valence electrons. The summed E-state index contributed by atoms with van der Waals surface area (Å²) in [5, 5.41) is 6.30. The van der Waals surface area contributed by atoms with E-state index in [4.69, 9.17) is 0 Å². The van der Waals surface area contributed by atoms with Crippen LogP contribution >= 0.6 is 0 Å². The van der Waals surface area contributed by atoms with Crippen LogP contribution in [-0.4, -0.2) is 35.8 Å². The Balaban J connectivity index is 1.67. The predicted molar refractivity (Wildman–Crippen MR) is 74.3 cm³/mol. The highest BCUT2D eigenvalue weighted by Gasteiger charge is 2.45. The van der Waals surface area contributed by atoms with E-state index in [0.717, 1.165) is 32.4 Å². The average molecular weight is 273 g/mol. The minimum atomic E-state index is -0.250. The number of nitrogens with zero attached hydrogens (tertiary/aromatic N) is 1. The molecule has 1 aliphatic carbocycles. The number of amides is 1. The summed E-state index contributed by atoms with van der Waals surface area (Å²) in [5.74, 6) is 0.205. The SMILES string of the molecule is O=C(N[C@H]1CCC(=O)C2(CCNC2)C1)c1ccccn1. The largest absolute Gasteiger partial charge is 0.348 e. The van der Waals surface area contributed by atoms with E-state index < -0.39 is 0 Å². The van der Waals surface area contributed by atoms with Crippen molar-refractivity contribution in [3.63, 3.8) is 0 Å². The summed E-state index contributed by atoms with van der Waals surface area (Å²) in [6, 6.07) is 5.36. The van der Waals surface area contributed by atoms with E-state index in [1.165, 1.54) is 0 Å². The molecule has 3 rings (SSSR count). The summed E-state index contributed by atoms with van der Waals surface area (Å²) in [5.41, 5.74) is 0.184. The zero-order valence-electron chi connectivity index (χ0n) is 11.4. The Morgan fingerprint density at radius 1 is 1.45 bits per heavy atom. The first-order chi connectivity index (χ1) is 9.70. The van der Waals surface area contributed by atoms with Crippen LogP contribution in [0.4, 0.5) is 0 Å². The maximum Gasteiger partial charge on any atom is 0.270 e. The van der Waals surface area contributed by atoms with E-state index in [1.807, 2.05) is 0 Å². The second-order valence-electron chi connectivity index (χ2n) is 5.76. The quantitative estimate of drug-likeness (QED) is 0.840. The standard InChI is InChI=1S/C15H19N3O2/c19-13-5-4-11(9-15(13)6-8-16-10-15)18-14(20)12-3-1-2-7-17-12/h1-3,7,11,16H,4-6,8-10H2,(H,18,20)/t11-,15?/m0/s1. The van der Waals surface area contributed by atoms with Crippen molar-refractivity contribution in [2.24, 2.45) is 5.41 Å². The third kappa shape index (κ3) is 2.45. The lowest BCUT2D eigenvalue weighted by Crippen LogP contribution is -2.47. The fraction of sp³-hybridized carbons (Fsp3) is 0.533. The zero-order valence-corrected chi connectivity index (χ0v) is 11.4. The summed E-state index contributed by atoms with van der Waals surface area (Å²) in [6.07, 6.45) is 4.55. The van der Waals surface area contributed by atoms with Gasteiger partial charge in [-0.1, -0.05) is 6.07 Å². The average Bonchev–Trinajstić information content (AvgIpc) is 2.93. The van der Waals surface area contributed by atoms with Crippen molar-refractivity contribution < 1.29 is 9.59 Å². The Morgan fingerprint density at radius 3 is 3.05 bits per heavy atom. The number of aromatic nitrogens is 1. The molecule has 1 saturated heterocycles. The summed E-state index contributed by atoms with van der Waals surface area (Å²) in [7, 11) is 0. The zero-order chi connectivity index (χ0) is 14.0. The maximum atomic E-state index is 12.2. The van der Waals surface area contributed by atoms with Gasteiger partial charge in [0, 0.05) is 30.6 Å². The van der Waals surface area contributed by atoms with Crippen LogP contribution in [0, 0.1) is 5.41 Å². The third-order valence-electron chi connectivity index (χ3n) is 4.42. The highest BCUT2D eigenvalue weighted by Crippen LogP contribution is 2.38. The van der Waals surface area contributed by atoms with Crippen LogP contribution in [0.5, 0.6) is 0 Å². The molecule has 2 aliphatic rings. The number of Topliss-reactive ketones (excluding diaryl/α,β-unsaturated/α-hetero) is 1. The number of hydrogen-bond donors (Lipinski definition) is 2. The summed E-state index contributed by atoms with van der Waals surface area (Å²) < 4.78 is 0. The van der Waals surface area contributed by atoms with Crippen LogP contribution < -0.4 is 10.6 Å². The highest BCUT2D eigenvalue weighted by molar-refractivity contribution is 5.93. The Kier molecular flexibility index (Phi) is 3.53. The van der Waals surface area contributed by atoms with Gasteiger partial charge in [-0.25, -0.2) is 0 Å². The molecule has 1 amide bonds. The van der Waals surface area contributed by atoms with Gasteiger partial charge in [0.25, 0.3) is 5.91 Å². The fourth-order valence-corrected chi connectivity index (χ4v) is 3.29. The van der Waals surface area contributed by atoms with Crippen LogP contribution in [0.25, 0.3) is 0 Å². The molecule has 1 aromatic rings. The summed E-state index contributed by atoms with van der Waals surface area (Å²) >= 11 is 0. The van der Waals surface area contributed by atoms with Crippen molar-refractivity contribution in [2.45, 2.75) is 31.7 Å².